The van der Waals surface area contributed by atoms with E-state index in [9.17, 15) is 4.79 Å². The second-order valence-electron chi connectivity index (χ2n) is 4.70. The highest BCUT2D eigenvalue weighted by molar-refractivity contribution is 7.80. The zero-order valence-corrected chi connectivity index (χ0v) is 11.7. The average molecular weight is 283 g/mol. The van der Waals surface area contributed by atoms with Gasteiger partial charge >= 0.3 is 0 Å². The Morgan fingerprint density at radius 1 is 1.50 bits per heavy atom. The molecular formula is C13H15ClN2OS. The Bertz CT molecular complexity index is 500. The summed E-state index contributed by atoms with van der Waals surface area (Å²) < 4.78 is 0. The summed E-state index contributed by atoms with van der Waals surface area (Å²) in [6.45, 7) is 0.475. The first-order valence-corrected chi connectivity index (χ1v) is 6.55. The lowest BCUT2D eigenvalue weighted by atomic mass is 10.1. The fraction of sp³-hybridized carbons (Fsp3) is 0.385. The lowest BCUT2D eigenvalue weighted by molar-refractivity contribution is -0.133. The van der Waals surface area contributed by atoms with E-state index in [0.29, 0.717) is 16.6 Å². The number of amides is 1. The van der Waals surface area contributed by atoms with Crippen LogP contribution in [0.5, 0.6) is 0 Å². The summed E-state index contributed by atoms with van der Waals surface area (Å²) in [5.74, 6) is -0.00470. The molecule has 0 aromatic heterocycles. The normalized spacial score (nSPS) is 16.1. The van der Waals surface area contributed by atoms with Crippen molar-refractivity contribution >= 4 is 34.7 Å². The average Bonchev–Trinajstić information content (AvgIpc) is 3.12. The molecule has 5 heteroatoms. The number of hydrogen-bond acceptors (Lipinski definition) is 2. The maximum atomic E-state index is 12.3. The summed E-state index contributed by atoms with van der Waals surface area (Å²) in [4.78, 5) is 14.3. The smallest absolute Gasteiger partial charge is 0.235 e. The molecule has 1 fully saturated rings. The lowest BCUT2D eigenvalue weighted by Gasteiger charge is -2.23. The van der Waals surface area contributed by atoms with Gasteiger partial charge in [0.05, 0.1) is 10.4 Å². The number of rotatable bonds is 4. The fourth-order valence-corrected chi connectivity index (χ4v) is 2.50. The third-order valence-electron chi connectivity index (χ3n) is 3.34. The van der Waals surface area contributed by atoms with Crippen LogP contribution < -0.4 is 5.73 Å². The second-order valence-corrected chi connectivity index (χ2v) is 5.55. The molecule has 18 heavy (non-hydrogen) atoms. The summed E-state index contributed by atoms with van der Waals surface area (Å²) in [5, 5.41) is 0.664. The van der Waals surface area contributed by atoms with Gasteiger partial charge < -0.3 is 10.6 Å². The molecule has 1 saturated carbocycles. The topological polar surface area (TPSA) is 46.3 Å². The van der Waals surface area contributed by atoms with Crippen molar-refractivity contribution in [3.63, 3.8) is 0 Å². The van der Waals surface area contributed by atoms with Crippen LogP contribution in [-0.4, -0.2) is 22.8 Å². The van der Waals surface area contributed by atoms with Gasteiger partial charge in [0, 0.05) is 18.6 Å². The summed E-state index contributed by atoms with van der Waals surface area (Å²) in [6, 6.07) is 7.49. The zero-order chi connectivity index (χ0) is 13.3. The van der Waals surface area contributed by atoms with Gasteiger partial charge in [-0.1, -0.05) is 42.0 Å². The van der Waals surface area contributed by atoms with Crippen molar-refractivity contribution in [2.45, 2.75) is 19.4 Å². The van der Waals surface area contributed by atoms with Gasteiger partial charge in [-0.25, -0.2) is 0 Å². The van der Waals surface area contributed by atoms with Crippen LogP contribution in [0.2, 0.25) is 5.02 Å². The van der Waals surface area contributed by atoms with Gasteiger partial charge in [0.15, 0.2) is 0 Å². The minimum atomic E-state index is -0.592. The molecule has 0 aliphatic heterocycles. The number of halogens is 1. The second kappa shape index (κ2) is 4.86. The monoisotopic (exact) mass is 282 g/mol. The van der Waals surface area contributed by atoms with Crippen LogP contribution in [0.1, 0.15) is 18.4 Å². The molecule has 0 heterocycles. The first kappa shape index (κ1) is 13.3. The molecule has 1 amide bonds. The van der Waals surface area contributed by atoms with Crippen molar-refractivity contribution in [3.05, 3.63) is 34.9 Å². The molecule has 0 bridgehead atoms. The van der Waals surface area contributed by atoms with Crippen LogP contribution in [0.25, 0.3) is 0 Å². The highest BCUT2D eigenvalue weighted by atomic mass is 35.5. The minimum Gasteiger partial charge on any atom is -0.392 e. The van der Waals surface area contributed by atoms with Crippen molar-refractivity contribution < 1.29 is 4.79 Å². The maximum absolute atomic E-state index is 12.3. The Balaban J connectivity index is 2.10. The van der Waals surface area contributed by atoms with E-state index in [0.717, 1.165) is 18.4 Å². The van der Waals surface area contributed by atoms with Crippen LogP contribution >= 0.6 is 23.8 Å². The molecule has 2 N–H and O–H groups in total. The molecule has 0 saturated heterocycles. The van der Waals surface area contributed by atoms with E-state index in [1.807, 2.05) is 24.3 Å². The predicted octanol–water partition coefficient (Wildman–Crippen LogP) is 2.36. The lowest BCUT2D eigenvalue weighted by Crippen LogP contribution is -2.40. The number of benzene rings is 1. The molecular weight excluding hydrogens is 268 g/mol. The van der Waals surface area contributed by atoms with E-state index in [2.05, 4.69) is 0 Å². The maximum Gasteiger partial charge on any atom is 0.235 e. The van der Waals surface area contributed by atoms with Crippen molar-refractivity contribution in [1.82, 2.24) is 4.90 Å². The minimum absolute atomic E-state index is 0.00470. The Kier molecular flexibility index (Phi) is 3.59. The van der Waals surface area contributed by atoms with Crippen molar-refractivity contribution in [3.8, 4) is 0 Å². The number of carbonyl (C=O) groups is 1. The molecule has 3 nitrogen and oxygen atoms in total. The fourth-order valence-electron chi connectivity index (χ4n) is 2.01. The van der Waals surface area contributed by atoms with Gasteiger partial charge in [-0.05, 0) is 24.5 Å². The van der Waals surface area contributed by atoms with Crippen molar-refractivity contribution in [2.24, 2.45) is 11.1 Å². The van der Waals surface area contributed by atoms with Crippen LogP contribution in [0.15, 0.2) is 24.3 Å². The third kappa shape index (κ3) is 2.35. The molecule has 2 rings (SSSR count). The number of nitrogens with two attached hydrogens (primary N) is 1. The number of carbonyl (C=O) groups excluding carboxylic acids is 1. The van der Waals surface area contributed by atoms with Gasteiger partial charge in [-0.15, -0.1) is 0 Å². The van der Waals surface area contributed by atoms with Gasteiger partial charge in [-0.3, -0.25) is 4.79 Å². The summed E-state index contributed by atoms with van der Waals surface area (Å²) in [6.07, 6.45) is 1.52. The number of nitrogens with zero attached hydrogens (tertiary/aromatic N) is 1. The van der Waals surface area contributed by atoms with Crippen molar-refractivity contribution in [1.29, 1.82) is 0 Å². The predicted molar refractivity (Wildman–Crippen MR) is 76.4 cm³/mol. The van der Waals surface area contributed by atoms with Crippen LogP contribution in [0.4, 0.5) is 0 Å². The molecule has 0 unspecified atom stereocenters. The summed E-state index contributed by atoms with van der Waals surface area (Å²) >= 11 is 11.1. The Morgan fingerprint density at radius 3 is 2.61 bits per heavy atom. The van der Waals surface area contributed by atoms with E-state index in [1.165, 1.54) is 0 Å². The van der Waals surface area contributed by atoms with Crippen LogP contribution in [0.3, 0.4) is 0 Å². The Labute approximate surface area is 117 Å². The van der Waals surface area contributed by atoms with Gasteiger partial charge in [-0.2, -0.15) is 0 Å². The standard InChI is InChI=1S/C13H15ClN2OS/c1-16(8-9-4-2-3-5-10(9)14)12(17)13(6-7-13)11(15)18/h2-5H,6-8H2,1H3,(H2,15,18). The van der Waals surface area contributed by atoms with E-state index in [-0.39, 0.29) is 5.91 Å². The van der Waals surface area contributed by atoms with E-state index < -0.39 is 5.41 Å². The molecule has 1 aromatic carbocycles. The van der Waals surface area contributed by atoms with Crippen molar-refractivity contribution in [2.75, 3.05) is 7.05 Å². The third-order valence-corrected chi connectivity index (χ3v) is 4.10. The Morgan fingerprint density at radius 2 is 2.11 bits per heavy atom. The molecule has 0 spiro atoms. The van der Waals surface area contributed by atoms with Crippen LogP contribution in [0, 0.1) is 5.41 Å². The van der Waals surface area contributed by atoms with E-state index in [4.69, 9.17) is 29.6 Å². The zero-order valence-electron chi connectivity index (χ0n) is 10.1. The molecule has 1 aliphatic rings. The van der Waals surface area contributed by atoms with E-state index >= 15 is 0 Å². The summed E-state index contributed by atoms with van der Waals surface area (Å²) in [5.41, 5.74) is 5.99. The molecule has 0 radical (unpaired) electrons. The molecule has 0 atom stereocenters. The number of hydrogen-bond donors (Lipinski definition) is 1. The number of thiocarbonyl (C=S) groups is 1. The van der Waals surface area contributed by atoms with Gasteiger partial charge in [0.2, 0.25) is 5.91 Å². The van der Waals surface area contributed by atoms with Gasteiger partial charge in [0.25, 0.3) is 0 Å². The highest BCUT2D eigenvalue weighted by Crippen LogP contribution is 2.47. The molecule has 1 aromatic rings. The Hall–Kier alpha value is -1.13. The molecule has 96 valence electrons. The first-order chi connectivity index (χ1) is 8.47. The first-order valence-electron chi connectivity index (χ1n) is 5.76. The van der Waals surface area contributed by atoms with E-state index in [1.54, 1.807) is 11.9 Å². The highest BCUT2D eigenvalue weighted by Gasteiger charge is 2.53. The van der Waals surface area contributed by atoms with Crippen LogP contribution in [-0.2, 0) is 11.3 Å². The van der Waals surface area contributed by atoms with Gasteiger partial charge in [0.1, 0.15) is 0 Å². The SMILES string of the molecule is CN(Cc1ccccc1Cl)C(=O)C1(C(N)=S)CC1. The quantitative estimate of drug-likeness (QED) is 0.863. The largest absolute Gasteiger partial charge is 0.392 e. The summed E-state index contributed by atoms with van der Waals surface area (Å²) in [7, 11) is 1.75. The molecule has 1 aliphatic carbocycles.